The summed E-state index contributed by atoms with van der Waals surface area (Å²) in [6.45, 7) is 4.79. The molecule has 72 heavy (non-hydrogen) atoms. The Bertz CT molecular complexity index is 4090. The van der Waals surface area contributed by atoms with Crippen molar-refractivity contribution in [3.05, 3.63) is 260 Å². The van der Waals surface area contributed by atoms with Gasteiger partial charge in [0.05, 0.1) is 39.5 Å². The van der Waals surface area contributed by atoms with Crippen molar-refractivity contribution in [3.8, 4) is 39.1 Å². The summed E-state index contributed by atoms with van der Waals surface area (Å²) in [6, 6.07) is 91.4. The van der Waals surface area contributed by atoms with Crippen LogP contribution in [0.1, 0.15) is 25.0 Å². The number of benzene rings is 11. The highest BCUT2D eigenvalue weighted by molar-refractivity contribution is 6.11. The van der Waals surface area contributed by atoms with Crippen molar-refractivity contribution in [2.75, 3.05) is 21.7 Å². The number of anilines is 8. The zero-order valence-corrected chi connectivity index (χ0v) is 40.5. The van der Waals surface area contributed by atoms with Crippen LogP contribution in [0.4, 0.5) is 45.5 Å². The van der Waals surface area contributed by atoms with Crippen molar-refractivity contribution >= 4 is 78.1 Å². The Balaban J connectivity index is 0.812. The van der Waals surface area contributed by atoms with Crippen molar-refractivity contribution in [2.24, 2.45) is 0 Å². The van der Waals surface area contributed by atoms with Gasteiger partial charge in [-0.2, -0.15) is 0 Å². The largest absolute Gasteiger partial charge is 0.341 e. The van der Waals surface area contributed by atoms with Crippen molar-refractivity contribution in [1.82, 2.24) is 4.57 Å². The Hall–Kier alpha value is -9.12. The van der Waals surface area contributed by atoms with Gasteiger partial charge in [0, 0.05) is 51.4 Å². The number of nitrogens with zero attached hydrogens (tertiary/aromatic N) is 4. The highest BCUT2D eigenvalue weighted by Crippen LogP contribution is 2.55. The van der Waals surface area contributed by atoms with Gasteiger partial charge in [0.1, 0.15) is 0 Å². The fourth-order valence-electron chi connectivity index (χ4n) is 11.9. The number of hydrogen-bond acceptors (Lipinski definition) is 3. The van der Waals surface area contributed by atoms with Crippen LogP contribution < -0.4 is 14.7 Å². The molecule has 4 nitrogen and oxygen atoms in total. The van der Waals surface area contributed by atoms with Gasteiger partial charge in [0.15, 0.2) is 0 Å². The van der Waals surface area contributed by atoms with Crippen LogP contribution in [0.25, 0.3) is 71.6 Å². The Morgan fingerprint density at radius 3 is 1.75 bits per heavy atom. The third-order valence-electron chi connectivity index (χ3n) is 15.5. The molecule has 1 aromatic heterocycles. The van der Waals surface area contributed by atoms with Crippen LogP contribution in [0.15, 0.2) is 249 Å². The van der Waals surface area contributed by atoms with Gasteiger partial charge in [-0.3, -0.25) is 0 Å². The minimum atomic E-state index is -0.223. The molecule has 14 rings (SSSR count). The van der Waals surface area contributed by atoms with Gasteiger partial charge in [0.2, 0.25) is 0 Å². The molecule has 1 aliphatic heterocycles. The zero-order chi connectivity index (χ0) is 48.1. The Morgan fingerprint density at radius 2 is 0.931 bits per heavy atom. The van der Waals surface area contributed by atoms with E-state index < -0.39 is 0 Å². The monoisotopic (exact) mass is 922 g/mol. The van der Waals surface area contributed by atoms with Crippen molar-refractivity contribution in [2.45, 2.75) is 19.3 Å². The summed E-state index contributed by atoms with van der Waals surface area (Å²) in [4.78, 5) is 7.18. The van der Waals surface area contributed by atoms with Gasteiger partial charge in [-0.1, -0.05) is 159 Å². The van der Waals surface area contributed by atoms with E-state index in [1.165, 1.54) is 94.1 Å². The van der Waals surface area contributed by atoms with Gasteiger partial charge >= 0.3 is 0 Å². The molecular weight excluding hydrogens is 873 g/mol. The minimum absolute atomic E-state index is 0.223. The smallest absolute Gasteiger partial charge is 0.0700 e. The molecule has 12 aromatic rings. The van der Waals surface area contributed by atoms with E-state index in [9.17, 15) is 0 Å². The lowest BCUT2D eigenvalue weighted by Crippen LogP contribution is -2.24. The van der Waals surface area contributed by atoms with E-state index in [-0.39, 0.29) is 5.41 Å². The molecular formula is C68H50N4. The fourth-order valence-corrected chi connectivity index (χ4v) is 11.9. The predicted molar refractivity (Wildman–Crippen MR) is 304 cm³/mol. The second kappa shape index (κ2) is 16.2. The number of hydrogen-bond donors (Lipinski definition) is 0. The average molecular weight is 923 g/mol. The first kappa shape index (κ1) is 41.8. The first-order valence-corrected chi connectivity index (χ1v) is 25.0. The van der Waals surface area contributed by atoms with Gasteiger partial charge in [-0.25, -0.2) is 0 Å². The second-order valence-corrected chi connectivity index (χ2v) is 19.8. The summed E-state index contributed by atoms with van der Waals surface area (Å²) in [5, 5.41) is 4.97. The molecule has 0 spiro atoms. The molecule has 0 saturated carbocycles. The lowest BCUT2D eigenvalue weighted by atomic mass is 9.81. The lowest BCUT2D eigenvalue weighted by Gasteiger charge is -2.39. The standard InChI is InChI=1S/C68H50N4/c1-68(2)59-42-48(47-32-39-63-58(41-47)57-24-12-13-25-62(57)71(63)51-21-8-5-9-22-51)31-37-55(59)56-38-36-53(44-60(56)68)72-65-27-15-14-26-64(65)69(3)67-43-49(33-40-66(67)72)45-29-34-52(35-30-45)70(50-19-6-4-7-20-50)61-28-16-18-46-17-10-11-23-54(46)61/h4-44H,1-3H3. The molecule has 0 amide bonds. The number of rotatable bonds is 7. The summed E-state index contributed by atoms with van der Waals surface area (Å²) in [5.41, 5.74) is 22.7. The fraction of sp³-hybridized carbons (Fsp3) is 0.0588. The Labute approximate surface area is 420 Å². The molecule has 342 valence electrons. The molecule has 11 aromatic carbocycles. The summed E-state index contributed by atoms with van der Waals surface area (Å²) in [5.74, 6) is 0. The van der Waals surface area contributed by atoms with Gasteiger partial charge < -0.3 is 19.3 Å². The van der Waals surface area contributed by atoms with Crippen molar-refractivity contribution in [1.29, 1.82) is 0 Å². The molecule has 0 saturated heterocycles. The van der Waals surface area contributed by atoms with Crippen LogP contribution in [0, 0.1) is 0 Å². The molecule has 0 N–H and O–H groups in total. The van der Waals surface area contributed by atoms with E-state index in [0.717, 1.165) is 34.1 Å². The first-order valence-electron chi connectivity index (χ1n) is 25.0. The minimum Gasteiger partial charge on any atom is -0.341 e. The van der Waals surface area contributed by atoms with Crippen molar-refractivity contribution in [3.63, 3.8) is 0 Å². The molecule has 2 heterocycles. The summed E-state index contributed by atoms with van der Waals surface area (Å²) < 4.78 is 2.39. The molecule has 4 heteroatoms. The predicted octanol–water partition coefficient (Wildman–Crippen LogP) is 18.6. The summed E-state index contributed by atoms with van der Waals surface area (Å²) >= 11 is 0. The van der Waals surface area contributed by atoms with E-state index in [1.807, 2.05) is 0 Å². The highest BCUT2D eigenvalue weighted by atomic mass is 15.3. The van der Waals surface area contributed by atoms with Crippen LogP contribution in [0.3, 0.4) is 0 Å². The molecule has 1 aliphatic carbocycles. The third-order valence-corrected chi connectivity index (χ3v) is 15.5. The SMILES string of the molecule is CN1c2ccccc2N(c2ccc3c(c2)C(C)(C)c2cc(-c4ccc5c(c4)c4ccccc4n5-c4ccccc4)ccc2-3)c2ccc(-c3ccc(N(c4ccccc4)c4cccc5ccccc45)cc3)cc21. The molecule has 0 atom stereocenters. The highest BCUT2D eigenvalue weighted by Gasteiger charge is 2.37. The summed E-state index contributed by atoms with van der Waals surface area (Å²) in [7, 11) is 2.20. The molecule has 0 fully saturated rings. The Kier molecular flexibility index (Phi) is 9.43. The van der Waals surface area contributed by atoms with Gasteiger partial charge in [0.25, 0.3) is 0 Å². The van der Waals surface area contributed by atoms with Crippen LogP contribution >= 0.6 is 0 Å². The van der Waals surface area contributed by atoms with E-state index in [1.54, 1.807) is 0 Å². The maximum atomic E-state index is 2.46. The number of para-hydroxylation sites is 5. The van der Waals surface area contributed by atoms with E-state index >= 15 is 0 Å². The zero-order valence-electron chi connectivity index (χ0n) is 40.5. The quantitative estimate of drug-likeness (QED) is 0.158. The molecule has 0 unspecified atom stereocenters. The topological polar surface area (TPSA) is 14.7 Å². The third kappa shape index (κ3) is 6.46. The normalized spacial score (nSPS) is 13.3. The molecule has 0 radical (unpaired) electrons. The van der Waals surface area contributed by atoms with Crippen LogP contribution in [0.5, 0.6) is 0 Å². The Morgan fingerprint density at radius 1 is 0.361 bits per heavy atom. The van der Waals surface area contributed by atoms with E-state index in [4.69, 9.17) is 0 Å². The van der Waals surface area contributed by atoms with Crippen LogP contribution in [-0.4, -0.2) is 11.6 Å². The van der Waals surface area contributed by atoms with Gasteiger partial charge in [-0.15, -0.1) is 0 Å². The van der Waals surface area contributed by atoms with Crippen LogP contribution in [0.2, 0.25) is 0 Å². The lowest BCUT2D eigenvalue weighted by molar-refractivity contribution is 0.660. The maximum Gasteiger partial charge on any atom is 0.0700 e. The number of aromatic nitrogens is 1. The molecule has 0 bridgehead atoms. The number of fused-ring (bicyclic) bond motifs is 9. The maximum absolute atomic E-state index is 2.46. The molecule has 2 aliphatic rings. The van der Waals surface area contributed by atoms with E-state index in [0.29, 0.717) is 0 Å². The van der Waals surface area contributed by atoms with Crippen molar-refractivity contribution < 1.29 is 0 Å². The first-order chi connectivity index (χ1) is 35.4. The second-order valence-electron chi connectivity index (χ2n) is 19.8. The van der Waals surface area contributed by atoms with Crippen LogP contribution in [-0.2, 0) is 5.41 Å². The average Bonchev–Trinajstić information content (AvgIpc) is 3.88. The van der Waals surface area contributed by atoms with E-state index in [2.05, 4.69) is 289 Å². The van der Waals surface area contributed by atoms with Gasteiger partial charge in [-0.05, 0) is 153 Å². The summed E-state index contributed by atoms with van der Waals surface area (Å²) in [6.07, 6.45) is 0.